The molecule has 2 aromatic carbocycles. The molecule has 1 aromatic heterocycles. The smallest absolute Gasteiger partial charge is 0.416 e. The molecule has 1 saturated heterocycles. The molecule has 7 nitrogen and oxygen atoms in total. The van der Waals surface area contributed by atoms with Gasteiger partial charge in [0, 0.05) is 31.7 Å². The number of aromatic nitrogens is 2. The SMILES string of the molecule is O=C1c2c(nc(N3CCOCC3)nc2-c2ccc(F)cc2)OCCCN1Cc1cc(C(F)(F)F)cc(C(F)(F)F)c1. The van der Waals surface area contributed by atoms with Crippen LogP contribution in [0.5, 0.6) is 5.88 Å². The van der Waals surface area contributed by atoms with E-state index in [1.807, 2.05) is 4.90 Å². The minimum absolute atomic E-state index is 0.0239. The fourth-order valence-electron chi connectivity index (χ4n) is 4.61. The number of amides is 1. The maximum Gasteiger partial charge on any atom is 0.416 e. The highest BCUT2D eigenvalue weighted by Gasteiger charge is 2.38. The predicted molar refractivity (Wildman–Crippen MR) is 132 cm³/mol. The first-order valence-corrected chi connectivity index (χ1v) is 12.6. The topological polar surface area (TPSA) is 67.8 Å². The minimum Gasteiger partial charge on any atom is -0.477 e. The Morgan fingerprint density at radius 1 is 0.829 bits per heavy atom. The van der Waals surface area contributed by atoms with Gasteiger partial charge in [-0.3, -0.25) is 4.79 Å². The van der Waals surface area contributed by atoms with Gasteiger partial charge in [-0.05, 0) is 54.4 Å². The number of ether oxygens (including phenoxy) is 2. The summed E-state index contributed by atoms with van der Waals surface area (Å²) in [4.78, 5) is 25.9. The number of halogens is 7. The van der Waals surface area contributed by atoms with Crippen LogP contribution in [0.2, 0.25) is 0 Å². The van der Waals surface area contributed by atoms with Crippen molar-refractivity contribution in [1.82, 2.24) is 14.9 Å². The second-order valence-corrected chi connectivity index (χ2v) is 9.50. The largest absolute Gasteiger partial charge is 0.477 e. The summed E-state index contributed by atoms with van der Waals surface area (Å²) in [6.07, 6.45) is -9.83. The summed E-state index contributed by atoms with van der Waals surface area (Å²) >= 11 is 0. The van der Waals surface area contributed by atoms with Crippen LogP contribution in [-0.2, 0) is 23.6 Å². The summed E-state index contributed by atoms with van der Waals surface area (Å²) in [5.74, 6) is -1.14. The van der Waals surface area contributed by atoms with Gasteiger partial charge in [-0.15, -0.1) is 0 Å². The van der Waals surface area contributed by atoms with Crippen molar-refractivity contribution in [2.24, 2.45) is 0 Å². The van der Waals surface area contributed by atoms with E-state index in [9.17, 15) is 35.5 Å². The molecule has 0 bridgehead atoms. The molecule has 0 N–H and O–H groups in total. The summed E-state index contributed by atoms with van der Waals surface area (Å²) in [5.41, 5.74) is -3.00. The molecular formula is C27H23F7N4O3. The van der Waals surface area contributed by atoms with Gasteiger partial charge in [-0.2, -0.15) is 31.3 Å². The predicted octanol–water partition coefficient (Wildman–Crippen LogP) is 5.58. The zero-order chi connectivity index (χ0) is 29.4. The van der Waals surface area contributed by atoms with Crippen LogP contribution in [0.25, 0.3) is 11.3 Å². The van der Waals surface area contributed by atoms with Gasteiger partial charge < -0.3 is 19.3 Å². The molecular weight excluding hydrogens is 561 g/mol. The van der Waals surface area contributed by atoms with E-state index in [1.165, 1.54) is 24.3 Å². The van der Waals surface area contributed by atoms with Gasteiger partial charge >= 0.3 is 12.4 Å². The van der Waals surface area contributed by atoms with E-state index >= 15 is 0 Å². The summed E-state index contributed by atoms with van der Waals surface area (Å²) in [5, 5.41) is 0. The minimum atomic E-state index is -5.03. The van der Waals surface area contributed by atoms with Crippen molar-refractivity contribution < 1.29 is 45.0 Å². The van der Waals surface area contributed by atoms with E-state index in [2.05, 4.69) is 9.97 Å². The molecule has 2 aliphatic rings. The standard InChI is InChI=1S/C27H23F7N4O3/c28-20-4-2-17(3-5-20)22-21-23(36-25(35-22)37-7-10-40-11-8-37)41-9-1-6-38(24(21)39)15-16-12-18(26(29,30)31)14-19(13-16)27(32,33)34/h2-5,12-14H,1,6-11,15H2. The quantitative estimate of drug-likeness (QED) is 0.373. The normalized spacial score (nSPS) is 16.6. The van der Waals surface area contributed by atoms with E-state index in [-0.39, 0.29) is 54.3 Å². The molecule has 3 aromatic rings. The molecule has 14 heteroatoms. The summed E-state index contributed by atoms with van der Waals surface area (Å²) in [6.45, 7) is 1.24. The molecule has 1 fully saturated rings. The van der Waals surface area contributed by atoms with Crippen LogP contribution in [0.15, 0.2) is 42.5 Å². The molecule has 1 amide bonds. The monoisotopic (exact) mass is 584 g/mol. The Bertz CT molecular complexity index is 1390. The van der Waals surface area contributed by atoms with Gasteiger partial charge in [-0.25, -0.2) is 9.37 Å². The van der Waals surface area contributed by atoms with Crippen LogP contribution in [0.3, 0.4) is 0 Å². The van der Waals surface area contributed by atoms with Crippen molar-refractivity contribution >= 4 is 11.9 Å². The first kappa shape index (κ1) is 28.6. The summed E-state index contributed by atoms with van der Waals surface area (Å²) in [7, 11) is 0. The molecule has 41 heavy (non-hydrogen) atoms. The van der Waals surface area contributed by atoms with Gasteiger partial charge in [-0.1, -0.05) is 0 Å². The number of rotatable bonds is 4. The second-order valence-electron chi connectivity index (χ2n) is 9.50. The molecule has 0 saturated carbocycles. The molecule has 0 atom stereocenters. The maximum absolute atomic E-state index is 13.9. The summed E-state index contributed by atoms with van der Waals surface area (Å²) < 4.78 is 106. The Kier molecular flexibility index (Phi) is 7.77. The Morgan fingerprint density at radius 3 is 2.07 bits per heavy atom. The molecule has 2 aliphatic heterocycles. The zero-order valence-corrected chi connectivity index (χ0v) is 21.4. The lowest BCUT2D eigenvalue weighted by Gasteiger charge is -2.30. The van der Waals surface area contributed by atoms with E-state index in [0.717, 1.165) is 4.90 Å². The maximum atomic E-state index is 13.9. The Hall–Kier alpha value is -3.94. The Balaban J connectivity index is 1.59. The van der Waals surface area contributed by atoms with E-state index in [0.29, 0.717) is 44.0 Å². The van der Waals surface area contributed by atoms with E-state index < -0.39 is 41.7 Å². The van der Waals surface area contributed by atoms with E-state index in [1.54, 1.807) is 0 Å². The lowest BCUT2D eigenvalue weighted by atomic mass is 10.0. The first-order valence-electron chi connectivity index (χ1n) is 12.6. The van der Waals surface area contributed by atoms with Crippen LogP contribution >= 0.6 is 0 Å². The highest BCUT2D eigenvalue weighted by molar-refractivity contribution is 6.02. The highest BCUT2D eigenvalue weighted by Crippen LogP contribution is 2.38. The number of fused-ring (bicyclic) bond motifs is 1. The number of alkyl halides is 6. The number of carbonyl (C=O) groups excluding carboxylic acids is 1. The fraction of sp³-hybridized carbons (Fsp3) is 0.370. The first-order chi connectivity index (χ1) is 19.4. The number of hydrogen-bond acceptors (Lipinski definition) is 6. The number of nitrogens with zero attached hydrogens (tertiary/aromatic N) is 4. The average Bonchev–Trinajstić information content (AvgIpc) is 2.93. The third kappa shape index (κ3) is 6.37. The number of carbonyl (C=O) groups is 1. The number of anilines is 1. The molecule has 3 heterocycles. The van der Waals surface area contributed by atoms with Crippen LogP contribution in [0.4, 0.5) is 36.7 Å². The summed E-state index contributed by atoms with van der Waals surface area (Å²) in [6, 6.07) is 6.38. The highest BCUT2D eigenvalue weighted by atomic mass is 19.4. The molecule has 0 unspecified atom stereocenters. The number of morpholine rings is 1. The van der Waals surface area contributed by atoms with Crippen LogP contribution in [0, 0.1) is 5.82 Å². The van der Waals surface area contributed by atoms with Gasteiger partial charge in [0.25, 0.3) is 5.91 Å². The van der Waals surface area contributed by atoms with Crippen molar-refractivity contribution in [2.75, 3.05) is 44.4 Å². The third-order valence-electron chi connectivity index (χ3n) is 6.61. The number of hydrogen-bond donors (Lipinski definition) is 0. The van der Waals surface area contributed by atoms with Crippen LogP contribution in [0.1, 0.15) is 33.5 Å². The molecule has 0 spiro atoms. The van der Waals surface area contributed by atoms with Crippen LogP contribution < -0.4 is 9.64 Å². The Morgan fingerprint density at radius 2 is 1.46 bits per heavy atom. The molecule has 218 valence electrons. The molecule has 0 aliphatic carbocycles. The van der Waals surface area contributed by atoms with Gasteiger partial charge in [0.2, 0.25) is 11.8 Å². The van der Waals surface area contributed by atoms with E-state index in [4.69, 9.17) is 9.47 Å². The van der Waals surface area contributed by atoms with Crippen molar-refractivity contribution in [3.05, 3.63) is 70.5 Å². The molecule has 5 rings (SSSR count). The lowest BCUT2D eigenvalue weighted by molar-refractivity contribution is -0.143. The fourth-order valence-corrected chi connectivity index (χ4v) is 4.61. The second kappa shape index (κ2) is 11.1. The average molecular weight is 584 g/mol. The third-order valence-corrected chi connectivity index (χ3v) is 6.61. The van der Waals surface area contributed by atoms with Crippen molar-refractivity contribution in [2.45, 2.75) is 25.3 Å². The van der Waals surface area contributed by atoms with Crippen LogP contribution in [-0.4, -0.2) is 60.2 Å². The van der Waals surface area contributed by atoms with Crippen molar-refractivity contribution in [3.63, 3.8) is 0 Å². The van der Waals surface area contributed by atoms with Crippen molar-refractivity contribution in [1.29, 1.82) is 0 Å². The Labute approximate surface area is 229 Å². The van der Waals surface area contributed by atoms with Gasteiger partial charge in [0.1, 0.15) is 11.4 Å². The van der Waals surface area contributed by atoms with Gasteiger partial charge in [0.15, 0.2) is 0 Å². The van der Waals surface area contributed by atoms with Crippen molar-refractivity contribution in [3.8, 4) is 17.1 Å². The zero-order valence-electron chi connectivity index (χ0n) is 21.4. The lowest BCUT2D eigenvalue weighted by Crippen LogP contribution is -2.38. The molecule has 0 radical (unpaired) electrons. The number of benzene rings is 2. The van der Waals surface area contributed by atoms with Gasteiger partial charge in [0.05, 0.1) is 36.6 Å².